The van der Waals surface area contributed by atoms with Crippen molar-refractivity contribution < 1.29 is 14.3 Å². The normalized spacial score (nSPS) is 26.4. The van der Waals surface area contributed by atoms with E-state index >= 15 is 0 Å². The first-order chi connectivity index (χ1) is 14.9. The summed E-state index contributed by atoms with van der Waals surface area (Å²) >= 11 is 13.2. The van der Waals surface area contributed by atoms with Crippen LogP contribution in [0.1, 0.15) is 17.5 Å². The van der Waals surface area contributed by atoms with Gasteiger partial charge in [-0.1, -0.05) is 42.0 Å². The van der Waals surface area contributed by atoms with Crippen molar-refractivity contribution in [2.45, 2.75) is 13.0 Å². The molecule has 0 spiro atoms. The highest BCUT2D eigenvalue weighted by Crippen LogP contribution is 2.52. The lowest BCUT2D eigenvalue weighted by Gasteiger charge is -2.13. The zero-order valence-electron chi connectivity index (χ0n) is 16.2. The molecule has 2 aromatic rings. The van der Waals surface area contributed by atoms with Gasteiger partial charge in [-0.3, -0.25) is 9.59 Å². The molecule has 0 unspecified atom stereocenters. The second-order valence-corrected chi connectivity index (χ2v) is 10.0. The Hall–Kier alpha value is -1.96. The van der Waals surface area contributed by atoms with E-state index in [4.69, 9.17) is 16.3 Å². The maximum absolute atomic E-state index is 12.8. The minimum absolute atomic E-state index is 0.171. The Morgan fingerprint density at radius 2 is 1.68 bits per heavy atom. The molecule has 2 bridgehead atoms. The quantitative estimate of drug-likeness (QED) is 0.271. The van der Waals surface area contributed by atoms with Crippen molar-refractivity contribution >= 4 is 61.5 Å². The van der Waals surface area contributed by atoms with Crippen LogP contribution in [0.3, 0.4) is 0 Å². The molecular weight excluding hydrogens is 548 g/mol. The highest BCUT2D eigenvalue weighted by atomic mass is 79.9. The van der Waals surface area contributed by atoms with Crippen molar-refractivity contribution in [2.75, 3.05) is 0 Å². The van der Waals surface area contributed by atoms with Gasteiger partial charge in [0.1, 0.15) is 12.4 Å². The number of carbonyl (C=O) groups excluding carboxylic acids is 2. The number of rotatable bonds is 5. The smallest absolute Gasteiger partial charge is 0.254 e. The minimum atomic E-state index is -0.251. The Bertz CT molecular complexity index is 1100. The molecule has 0 radical (unpaired) electrons. The van der Waals surface area contributed by atoms with E-state index in [-0.39, 0.29) is 35.5 Å². The van der Waals surface area contributed by atoms with E-state index < -0.39 is 0 Å². The molecule has 1 saturated heterocycles. The van der Waals surface area contributed by atoms with Gasteiger partial charge in [-0.05, 0) is 73.9 Å². The second kappa shape index (κ2) is 8.19. The lowest BCUT2D eigenvalue weighted by Crippen LogP contribution is -2.28. The molecule has 2 aromatic carbocycles. The highest BCUT2D eigenvalue weighted by molar-refractivity contribution is 9.11. The predicted octanol–water partition coefficient (Wildman–Crippen LogP) is 5.59. The van der Waals surface area contributed by atoms with E-state index in [1.807, 2.05) is 36.4 Å². The average Bonchev–Trinajstić information content (AvgIpc) is 3.41. The van der Waals surface area contributed by atoms with E-state index in [0.717, 1.165) is 22.6 Å². The fourth-order valence-corrected chi connectivity index (χ4v) is 6.32. The van der Waals surface area contributed by atoms with Crippen molar-refractivity contribution in [2.24, 2.45) is 28.8 Å². The van der Waals surface area contributed by atoms with Crippen LogP contribution in [0.25, 0.3) is 0 Å². The van der Waals surface area contributed by atoms with Crippen molar-refractivity contribution in [3.63, 3.8) is 0 Å². The van der Waals surface area contributed by atoms with Gasteiger partial charge in [0.15, 0.2) is 0 Å². The Morgan fingerprint density at radius 1 is 1.06 bits per heavy atom. The van der Waals surface area contributed by atoms with E-state index in [1.54, 1.807) is 0 Å². The molecule has 2 aliphatic carbocycles. The van der Waals surface area contributed by atoms with Gasteiger partial charge in [0.25, 0.3) is 11.8 Å². The lowest BCUT2D eigenvalue weighted by atomic mass is 9.85. The number of ether oxygens (including phenoxy) is 1. The van der Waals surface area contributed by atoms with Crippen molar-refractivity contribution in [3.8, 4) is 5.75 Å². The standard InChI is InChI=1S/C23H17Br2ClN2O3/c24-16-7-12(8-17(25)21(16)31-11-15-3-1-2-4-18(15)26)10-27-28-22(29)19-13-5-6-14(9-13)20(19)23(28)30/h1-8,10,13-14,19-20H,9,11H2/b27-10-/t13-,14-,19-,20-/m0/s1. The Morgan fingerprint density at radius 3 is 2.29 bits per heavy atom. The summed E-state index contributed by atoms with van der Waals surface area (Å²) in [6.07, 6.45) is 6.57. The molecule has 1 heterocycles. The summed E-state index contributed by atoms with van der Waals surface area (Å²) < 4.78 is 7.37. The SMILES string of the molecule is O=C1[C@@H]2[C@@H](C(=O)N1/N=C\c1cc(Br)c(OCc3ccccc3Cl)c(Br)c1)[C@H]1C=C[C@H]2C1. The van der Waals surface area contributed by atoms with Crippen LogP contribution in [-0.4, -0.2) is 23.0 Å². The summed E-state index contributed by atoms with van der Waals surface area (Å²) in [5, 5.41) is 5.93. The van der Waals surface area contributed by atoms with Gasteiger partial charge in [-0.2, -0.15) is 10.1 Å². The molecule has 8 heteroatoms. The van der Waals surface area contributed by atoms with Gasteiger partial charge in [-0.25, -0.2) is 0 Å². The summed E-state index contributed by atoms with van der Waals surface area (Å²) in [7, 11) is 0. The van der Waals surface area contributed by atoms with Crippen molar-refractivity contribution in [3.05, 3.63) is 73.6 Å². The van der Waals surface area contributed by atoms with Gasteiger partial charge in [0, 0.05) is 10.6 Å². The first kappa shape index (κ1) is 20.9. The van der Waals surface area contributed by atoms with Gasteiger partial charge in [-0.15, -0.1) is 0 Å². The lowest BCUT2D eigenvalue weighted by molar-refractivity contribution is -0.140. The number of nitrogens with zero attached hydrogens (tertiary/aromatic N) is 2. The van der Waals surface area contributed by atoms with Crippen LogP contribution in [0.2, 0.25) is 5.02 Å². The molecule has 4 atom stereocenters. The third-order valence-corrected chi connectivity index (χ3v) is 7.67. The largest absolute Gasteiger partial charge is 0.486 e. The molecule has 5 nitrogen and oxygen atoms in total. The van der Waals surface area contributed by atoms with Gasteiger partial charge >= 0.3 is 0 Å². The van der Waals surface area contributed by atoms with E-state index in [9.17, 15) is 9.59 Å². The number of hydrazone groups is 1. The molecule has 3 aliphatic rings. The maximum Gasteiger partial charge on any atom is 0.254 e. The van der Waals surface area contributed by atoms with Gasteiger partial charge in [0.2, 0.25) is 0 Å². The molecular formula is C23H17Br2ClN2O3. The summed E-state index contributed by atoms with van der Waals surface area (Å²) in [6.45, 7) is 0.320. The Balaban J connectivity index is 1.31. The summed E-state index contributed by atoms with van der Waals surface area (Å²) in [6, 6.07) is 11.2. The summed E-state index contributed by atoms with van der Waals surface area (Å²) in [4.78, 5) is 25.5. The molecule has 31 heavy (non-hydrogen) atoms. The van der Waals surface area contributed by atoms with Crippen LogP contribution in [0.5, 0.6) is 5.75 Å². The Labute approximate surface area is 201 Å². The van der Waals surface area contributed by atoms with E-state index in [0.29, 0.717) is 26.3 Å². The van der Waals surface area contributed by atoms with Gasteiger partial charge in [0.05, 0.1) is 27.0 Å². The highest BCUT2D eigenvalue weighted by Gasteiger charge is 2.59. The molecule has 1 aliphatic heterocycles. The predicted molar refractivity (Wildman–Crippen MR) is 125 cm³/mol. The molecule has 2 amide bonds. The number of fused-ring (bicyclic) bond motifs is 5. The molecule has 2 fully saturated rings. The molecule has 0 aromatic heterocycles. The maximum atomic E-state index is 12.8. The number of hydrogen-bond acceptors (Lipinski definition) is 4. The number of halogens is 3. The van der Waals surface area contributed by atoms with E-state index in [2.05, 4.69) is 49.1 Å². The average molecular weight is 565 g/mol. The number of imide groups is 1. The monoisotopic (exact) mass is 562 g/mol. The molecule has 5 rings (SSSR count). The number of allylic oxidation sites excluding steroid dienone is 2. The van der Waals surface area contributed by atoms with E-state index in [1.165, 1.54) is 6.21 Å². The minimum Gasteiger partial charge on any atom is -0.486 e. The summed E-state index contributed by atoms with van der Waals surface area (Å²) in [5.41, 5.74) is 1.61. The van der Waals surface area contributed by atoms with Gasteiger partial charge < -0.3 is 4.74 Å². The fraction of sp³-hybridized carbons (Fsp3) is 0.261. The number of benzene rings is 2. The Kier molecular flexibility index (Phi) is 5.52. The van der Waals surface area contributed by atoms with Crippen LogP contribution < -0.4 is 4.74 Å². The first-order valence-electron chi connectivity index (χ1n) is 9.89. The molecule has 158 valence electrons. The van der Waals surface area contributed by atoms with Crippen LogP contribution in [0.15, 0.2) is 62.6 Å². The molecule has 1 saturated carbocycles. The molecule has 0 N–H and O–H groups in total. The zero-order valence-corrected chi connectivity index (χ0v) is 20.1. The van der Waals surface area contributed by atoms with Crippen LogP contribution >= 0.6 is 43.5 Å². The topological polar surface area (TPSA) is 59.0 Å². The van der Waals surface area contributed by atoms with Crippen LogP contribution in [0.4, 0.5) is 0 Å². The first-order valence-corrected chi connectivity index (χ1v) is 11.9. The third kappa shape index (κ3) is 3.66. The van der Waals surface area contributed by atoms with Crippen molar-refractivity contribution in [1.82, 2.24) is 5.01 Å². The second-order valence-electron chi connectivity index (χ2n) is 7.93. The third-order valence-electron chi connectivity index (χ3n) is 6.12. The van der Waals surface area contributed by atoms with Crippen LogP contribution in [-0.2, 0) is 16.2 Å². The number of carbonyl (C=O) groups is 2. The fourth-order valence-electron chi connectivity index (χ4n) is 4.68. The summed E-state index contributed by atoms with van der Waals surface area (Å²) in [5.74, 6) is 0.0795. The van der Waals surface area contributed by atoms with Crippen molar-refractivity contribution in [1.29, 1.82) is 0 Å². The zero-order chi connectivity index (χ0) is 21.7. The van der Waals surface area contributed by atoms with Crippen LogP contribution in [0, 0.1) is 23.7 Å². The number of amides is 2. The number of hydrogen-bond donors (Lipinski definition) is 0.